The molecule has 0 aliphatic heterocycles. The molecule has 0 saturated heterocycles. The summed E-state index contributed by atoms with van der Waals surface area (Å²) in [7, 11) is 0. The fraction of sp³-hybridized carbons (Fsp3) is 0.400. The first-order valence-electron chi connectivity index (χ1n) is 5.14. The number of aromatic nitrogens is 4. The normalized spacial score (nSPS) is 12.6. The van der Waals surface area contributed by atoms with E-state index in [4.69, 9.17) is 10.3 Å². The third-order valence-corrected chi connectivity index (χ3v) is 2.24. The SMILES string of the molecule is CCC(N)Cc1nc(-c2ccncn2)no1. The van der Waals surface area contributed by atoms with Gasteiger partial charge >= 0.3 is 0 Å². The summed E-state index contributed by atoms with van der Waals surface area (Å²) in [6.45, 7) is 2.02. The molecule has 84 valence electrons. The molecule has 2 heterocycles. The van der Waals surface area contributed by atoms with E-state index in [0.717, 1.165) is 6.42 Å². The van der Waals surface area contributed by atoms with Gasteiger partial charge in [0.25, 0.3) is 0 Å². The number of hydrogen-bond acceptors (Lipinski definition) is 6. The zero-order valence-electron chi connectivity index (χ0n) is 9.00. The molecule has 0 spiro atoms. The van der Waals surface area contributed by atoms with E-state index in [-0.39, 0.29) is 6.04 Å². The zero-order valence-corrected chi connectivity index (χ0v) is 9.00. The molecule has 2 rings (SSSR count). The van der Waals surface area contributed by atoms with Gasteiger partial charge < -0.3 is 10.3 Å². The molecule has 16 heavy (non-hydrogen) atoms. The highest BCUT2D eigenvalue weighted by atomic mass is 16.5. The Morgan fingerprint density at radius 3 is 3.06 bits per heavy atom. The van der Waals surface area contributed by atoms with Crippen LogP contribution in [0.3, 0.4) is 0 Å². The minimum absolute atomic E-state index is 0.0544. The van der Waals surface area contributed by atoms with Crippen molar-refractivity contribution in [1.82, 2.24) is 20.1 Å². The summed E-state index contributed by atoms with van der Waals surface area (Å²) in [5, 5.41) is 3.84. The lowest BCUT2D eigenvalue weighted by Crippen LogP contribution is -2.21. The highest BCUT2D eigenvalue weighted by Crippen LogP contribution is 2.12. The van der Waals surface area contributed by atoms with Crippen molar-refractivity contribution < 1.29 is 4.52 Å². The van der Waals surface area contributed by atoms with Crippen molar-refractivity contribution >= 4 is 0 Å². The van der Waals surface area contributed by atoms with E-state index in [1.807, 2.05) is 6.92 Å². The minimum Gasteiger partial charge on any atom is -0.339 e. The lowest BCUT2D eigenvalue weighted by molar-refractivity contribution is 0.368. The van der Waals surface area contributed by atoms with Gasteiger partial charge in [-0.15, -0.1) is 0 Å². The molecular weight excluding hydrogens is 206 g/mol. The zero-order chi connectivity index (χ0) is 11.4. The van der Waals surface area contributed by atoms with Crippen LogP contribution in [0.2, 0.25) is 0 Å². The lowest BCUT2D eigenvalue weighted by atomic mass is 10.2. The van der Waals surface area contributed by atoms with Crippen molar-refractivity contribution in [1.29, 1.82) is 0 Å². The molecule has 0 aliphatic carbocycles. The molecule has 1 unspecified atom stereocenters. The average Bonchev–Trinajstić information content (AvgIpc) is 2.78. The van der Waals surface area contributed by atoms with Gasteiger partial charge in [-0.05, 0) is 12.5 Å². The van der Waals surface area contributed by atoms with Crippen LogP contribution in [-0.4, -0.2) is 26.2 Å². The van der Waals surface area contributed by atoms with Crippen LogP contribution < -0.4 is 5.73 Å². The van der Waals surface area contributed by atoms with E-state index in [0.29, 0.717) is 23.8 Å². The van der Waals surface area contributed by atoms with Crippen LogP contribution in [0.15, 0.2) is 23.1 Å². The molecule has 6 heteroatoms. The number of nitrogens with two attached hydrogens (primary N) is 1. The van der Waals surface area contributed by atoms with Gasteiger partial charge in [0.05, 0.1) is 0 Å². The summed E-state index contributed by atoms with van der Waals surface area (Å²) in [5.74, 6) is 1.02. The summed E-state index contributed by atoms with van der Waals surface area (Å²) in [6.07, 6.45) is 4.55. The third kappa shape index (κ3) is 2.40. The predicted octanol–water partition coefficient (Wildman–Crippen LogP) is 0.806. The van der Waals surface area contributed by atoms with Crippen molar-refractivity contribution in [2.75, 3.05) is 0 Å². The highest BCUT2D eigenvalue weighted by Gasteiger charge is 2.11. The maximum atomic E-state index is 5.80. The standard InChI is InChI=1S/C10H13N5O/c1-2-7(11)5-9-14-10(15-16-9)8-3-4-12-6-13-8/h3-4,6-7H,2,5,11H2,1H3. The summed E-state index contributed by atoms with van der Waals surface area (Å²) in [6, 6.07) is 1.78. The van der Waals surface area contributed by atoms with Crippen molar-refractivity contribution in [3.05, 3.63) is 24.5 Å². The van der Waals surface area contributed by atoms with E-state index in [2.05, 4.69) is 20.1 Å². The van der Waals surface area contributed by atoms with E-state index in [9.17, 15) is 0 Å². The van der Waals surface area contributed by atoms with Crippen LogP contribution in [0.5, 0.6) is 0 Å². The second kappa shape index (κ2) is 4.80. The van der Waals surface area contributed by atoms with Crippen molar-refractivity contribution in [3.63, 3.8) is 0 Å². The van der Waals surface area contributed by atoms with Gasteiger partial charge in [0.1, 0.15) is 12.0 Å². The molecule has 0 radical (unpaired) electrons. The van der Waals surface area contributed by atoms with Gasteiger partial charge in [-0.1, -0.05) is 12.1 Å². The van der Waals surface area contributed by atoms with Gasteiger partial charge in [0.15, 0.2) is 0 Å². The lowest BCUT2D eigenvalue weighted by Gasteiger charge is -2.02. The molecule has 2 aromatic heterocycles. The van der Waals surface area contributed by atoms with E-state index >= 15 is 0 Å². The first kappa shape index (κ1) is 10.7. The van der Waals surface area contributed by atoms with Crippen LogP contribution in [0.1, 0.15) is 19.2 Å². The van der Waals surface area contributed by atoms with Gasteiger partial charge in [-0.2, -0.15) is 4.98 Å². The fourth-order valence-corrected chi connectivity index (χ4v) is 1.23. The Kier molecular flexibility index (Phi) is 3.21. The first-order valence-corrected chi connectivity index (χ1v) is 5.14. The smallest absolute Gasteiger partial charge is 0.228 e. The van der Waals surface area contributed by atoms with Crippen LogP contribution >= 0.6 is 0 Å². The maximum Gasteiger partial charge on any atom is 0.228 e. The van der Waals surface area contributed by atoms with Gasteiger partial charge in [-0.3, -0.25) is 0 Å². The maximum absolute atomic E-state index is 5.80. The molecule has 0 amide bonds. The van der Waals surface area contributed by atoms with E-state index < -0.39 is 0 Å². The largest absolute Gasteiger partial charge is 0.339 e. The Morgan fingerprint density at radius 1 is 1.50 bits per heavy atom. The van der Waals surface area contributed by atoms with Gasteiger partial charge in [-0.25, -0.2) is 9.97 Å². The van der Waals surface area contributed by atoms with Crippen LogP contribution in [0, 0.1) is 0 Å². The minimum atomic E-state index is 0.0544. The molecule has 0 bridgehead atoms. The Labute approximate surface area is 92.9 Å². The topological polar surface area (TPSA) is 90.7 Å². The third-order valence-electron chi connectivity index (χ3n) is 2.24. The van der Waals surface area contributed by atoms with Crippen LogP contribution in [0.25, 0.3) is 11.5 Å². The van der Waals surface area contributed by atoms with Gasteiger partial charge in [0, 0.05) is 18.7 Å². The Morgan fingerprint density at radius 2 is 2.38 bits per heavy atom. The molecule has 2 aromatic rings. The molecule has 1 atom stereocenters. The Balaban J connectivity index is 2.14. The van der Waals surface area contributed by atoms with Crippen molar-refractivity contribution in [3.8, 4) is 11.5 Å². The second-order valence-electron chi connectivity index (χ2n) is 3.48. The van der Waals surface area contributed by atoms with Crippen molar-refractivity contribution in [2.45, 2.75) is 25.8 Å². The summed E-state index contributed by atoms with van der Waals surface area (Å²) < 4.78 is 5.09. The fourth-order valence-electron chi connectivity index (χ4n) is 1.23. The molecule has 0 saturated carbocycles. The van der Waals surface area contributed by atoms with Crippen LogP contribution in [0.4, 0.5) is 0 Å². The molecule has 6 nitrogen and oxygen atoms in total. The summed E-state index contributed by atoms with van der Waals surface area (Å²) in [5.41, 5.74) is 6.45. The summed E-state index contributed by atoms with van der Waals surface area (Å²) >= 11 is 0. The molecule has 0 fully saturated rings. The van der Waals surface area contributed by atoms with Crippen molar-refractivity contribution in [2.24, 2.45) is 5.73 Å². The highest BCUT2D eigenvalue weighted by molar-refractivity contribution is 5.46. The number of hydrogen-bond donors (Lipinski definition) is 1. The van der Waals surface area contributed by atoms with Gasteiger partial charge in [0.2, 0.25) is 11.7 Å². The number of nitrogens with zero attached hydrogens (tertiary/aromatic N) is 4. The molecule has 0 aliphatic rings. The molecule has 0 aromatic carbocycles. The molecule has 2 N–H and O–H groups in total. The monoisotopic (exact) mass is 219 g/mol. The van der Waals surface area contributed by atoms with E-state index in [1.54, 1.807) is 12.3 Å². The Bertz CT molecular complexity index is 441. The quantitative estimate of drug-likeness (QED) is 0.818. The van der Waals surface area contributed by atoms with Crippen LogP contribution in [-0.2, 0) is 6.42 Å². The second-order valence-corrected chi connectivity index (χ2v) is 3.48. The first-order chi connectivity index (χ1) is 7.79. The Hall–Kier alpha value is -1.82. The molecular formula is C10H13N5O. The average molecular weight is 219 g/mol. The van der Waals surface area contributed by atoms with E-state index in [1.165, 1.54) is 6.33 Å². The number of rotatable bonds is 4. The summed E-state index contributed by atoms with van der Waals surface area (Å²) in [4.78, 5) is 12.1. The predicted molar refractivity (Wildman–Crippen MR) is 57.3 cm³/mol.